The summed E-state index contributed by atoms with van der Waals surface area (Å²) in [6.07, 6.45) is 1.49. The molecule has 1 unspecified atom stereocenters. The molecule has 1 rings (SSSR count). The summed E-state index contributed by atoms with van der Waals surface area (Å²) in [4.78, 5) is 0. The Hall–Kier alpha value is 0.869. The summed E-state index contributed by atoms with van der Waals surface area (Å²) in [7, 11) is 2.21. The fourth-order valence-electron chi connectivity index (χ4n) is 0.792. The Balaban J connectivity index is 2.24. The molecule has 48 valence electrons. The first-order valence-electron chi connectivity index (χ1n) is 3.09. The van der Waals surface area contributed by atoms with Crippen molar-refractivity contribution < 1.29 is 0 Å². The molecule has 8 heavy (non-hydrogen) atoms. The average Bonchev–Trinajstić information content (AvgIpc) is 2.12. The van der Waals surface area contributed by atoms with Gasteiger partial charge in [0.1, 0.15) is 0 Å². The molecule has 1 aliphatic heterocycles. The second-order valence-electron chi connectivity index (χ2n) is 2.49. The van der Waals surface area contributed by atoms with Gasteiger partial charge in [0, 0.05) is 0 Å². The summed E-state index contributed by atoms with van der Waals surface area (Å²) in [6.45, 7) is 4.66. The Morgan fingerprint density at radius 1 is 1.62 bits per heavy atom. The summed E-state index contributed by atoms with van der Waals surface area (Å²) in [5, 5.41) is 2.52. The fourth-order valence-corrected chi connectivity index (χ4v) is 6.78. The topological polar surface area (TPSA) is 0 Å². The van der Waals surface area contributed by atoms with Crippen LogP contribution < -0.4 is 0 Å². The fraction of sp³-hybridized carbons (Fsp3) is 1.00. The third kappa shape index (κ3) is 1.68. The van der Waals surface area contributed by atoms with E-state index in [0.717, 1.165) is 25.0 Å². The first kappa shape index (κ1) is 6.98. The Morgan fingerprint density at radius 2 is 2.38 bits per heavy atom. The summed E-state index contributed by atoms with van der Waals surface area (Å²) in [5.41, 5.74) is 0. The van der Waals surface area contributed by atoms with Crippen LogP contribution in [0.25, 0.3) is 0 Å². The molecule has 1 saturated heterocycles. The molecule has 0 N–H and O–H groups in total. The third-order valence-corrected chi connectivity index (χ3v) is 6.71. The van der Waals surface area contributed by atoms with Crippen molar-refractivity contribution in [1.82, 2.24) is 0 Å². The molecule has 0 bridgehead atoms. The van der Waals surface area contributed by atoms with E-state index >= 15 is 0 Å². The van der Waals surface area contributed by atoms with Crippen LogP contribution in [0.4, 0.5) is 0 Å². The van der Waals surface area contributed by atoms with Crippen molar-refractivity contribution in [3.8, 4) is 0 Å². The predicted molar refractivity (Wildman–Crippen MR) is 41.4 cm³/mol. The molecule has 0 saturated carbocycles. The van der Waals surface area contributed by atoms with Crippen molar-refractivity contribution in [2.24, 2.45) is 5.92 Å². The minimum atomic E-state index is 0.921. The van der Waals surface area contributed by atoms with E-state index in [0.29, 0.717) is 0 Å². The molecule has 1 atom stereocenters. The average molecular weight is 195 g/mol. The van der Waals surface area contributed by atoms with Crippen LogP contribution in [0.15, 0.2) is 0 Å². The molecule has 0 aromatic carbocycles. The third-order valence-electron chi connectivity index (χ3n) is 1.42. The quantitative estimate of drug-likeness (QED) is 0.578. The minimum absolute atomic E-state index is 0.921. The molecule has 0 aromatic rings. The van der Waals surface area contributed by atoms with Crippen LogP contribution in [-0.2, 0) is 0 Å². The molecule has 0 radical (unpaired) electrons. The molecule has 0 spiro atoms. The number of hydrogen-bond donors (Lipinski definition) is 0. The van der Waals surface area contributed by atoms with Gasteiger partial charge in [-0.1, -0.05) is 0 Å². The maximum absolute atomic E-state index is 2.33. The van der Waals surface area contributed by atoms with Crippen LogP contribution in [-0.4, -0.2) is 19.1 Å². The van der Waals surface area contributed by atoms with Gasteiger partial charge in [-0.15, -0.1) is 0 Å². The van der Waals surface area contributed by atoms with Gasteiger partial charge in [0.15, 0.2) is 0 Å². The van der Waals surface area contributed by atoms with Gasteiger partial charge >= 0.3 is 60.8 Å². The van der Waals surface area contributed by atoms with Gasteiger partial charge in [0.05, 0.1) is 0 Å². The van der Waals surface area contributed by atoms with Crippen molar-refractivity contribution >= 4 is 24.0 Å². The van der Waals surface area contributed by atoms with Crippen LogP contribution >= 0.6 is 10.2 Å². The second kappa shape index (κ2) is 3.14. The zero-order valence-corrected chi connectivity index (χ0v) is 7.91. The van der Waals surface area contributed by atoms with Gasteiger partial charge in [0.2, 0.25) is 0 Å². The van der Waals surface area contributed by atoms with Crippen LogP contribution in [0.5, 0.6) is 0 Å². The van der Waals surface area contributed by atoms with Crippen LogP contribution in [0, 0.1) is 5.92 Å². The van der Waals surface area contributed by atoms with E-state index in [4.69, 9.17) is 0 Å². The van der Waals surface area contributed by atoms with Gasteiger partial charge in [-0.3, -0.25) is 0 Å². The molecular weight excluding hydrogens is 183 g/mol. The van der Waals surface area contributed by atoms with E-state index in [1.807, 2.05) is 0 Å². The van der Waals surface area contributed by atoms with E-state index in [1.54, 1.807) is 0 Å². The molecule has 0 aliphatic carbocycles. The molecule has 1 aliphatic rings. The predicted octanol–water partition coefficient (Wildman–Crippen LogP) is 2.19. The van der Waals surface area contributed by atoms with E-state index in [2.05, 4.69) is 24.0 Å². The van der Waals surface area contributed by atoms with E-state index in [9.17, 15) is 0 Å². The van der Waals surface area contributed by atoms with Gasteiger partial charge in [-0.2, -0.15) is 0 Å². The van der Waals surface area contributed by atoms with Crippen molar-refractivity contribution in [3.63, 3.8) is 0 Å². The molecule has 1 fully saturated rings. The first-order chi connectivity index (χ1) is 3.80. The second-order valence-corrected chi connectivity index (χ2v) is 7.07. The van der Waals surface area contributed by atoms with Gasteiger partial charge in [-0.25, -0.2) is 0 Å². The van der Waals surface area contributed by atoms with Crippen LogP contribution in [0.1, 0.15) is 20.3 Å². The van der Waals surface area contributed by atoms with Crippen molar-refractivity contribution in [3.05, 3.63) is 0 Å². The summed E-state index contributed by atoms with van der Waals surface area (Å²) < 4.78 is 0. The summed E-state index contributed by atoms with van der Waals surface area (Å²) >= 11 is 0.939. The van der Waals surface area contributed by atoms with Crippen LogP contribution in [0.2, 0.25) is 5.32 Å². The van der Waals surface area contributed by atoms with E-state index < -0.39 is 0 Å². The first-order valence-corrected chi connectivity index (χ1v) is 7.20. The normalized spacial score (nSPS) is 29.6. The summed E-state index contributed by atoms with van der Waals surface area (Å²) in [6, 6.07) is 0. The maximum atomic E-state index is 2.33. The molecule has 1 heterocycles. The van der Waals surface area contributed by atoms with Gasteiger partial charge in [-0.05, 0) is 0 Å². The Morgan fingerprint density at radius 3 is 2.62 bits per heavy atom. The Kier molecular flexibility index (Phi) is 2.74. The van der Waals surface area contributed by atoms with Crippen molar-refractivity contribution in [1.29, 1.82) is 0 Å². The number of rotatable bonds is 1. The van der Waals surface area contributed by atoms with Crippen molar-refractivity contribution in [2.75, 3.05) is 0 Å². The van der Waals surface area contributed by atoms with Gasteiger partial charge < -0.3 is 0 Å². The SMILES string of the molecule is CC(C)C1CC[Se]S1. The zero-order chi connectivity index (χ0) is 5.98. The van der Waals surface area contributed by atoms with E-state index in [1.165, 1.54) is 11.7 Å². The van der Waals surface area contributed by atoms with Crippen molar-refractivity contribution in [2.45, 2.75) is 30.8 Å². The number of hydrogen-bond acceptors (Lipinski definition) is 1. The molecular formula is C6H12SSe. The Labute approximate surface area is 61.0 Å². The molecule has 0 aromatic heterocycles. The summed E-state index contributed by atoms with van der Waals surface area (Å²) in [5.74, 6) is 0.921. The standard InChI is InChI=1S/C6H12SSe/c1-5(2)6-3-4-8-7-6/h5-6H,3-4H2,1-2H3. The van der Waals surface area contributed by atoms with E-state index in [-0.39, 0.29) is 0 Å². The Bertz CT molecular complexity index is 66.9. The molecule has 0 amide bonds. The monoisotopic (exact) mass is 196 g/mol. The van der Waals surface area contributed by atoms with Gasteiger partial charge in [0.25, 0.3) is 0 Å². The van der Waals surface area contributed by atoms with Crippen LogP contribution in [0.3, 0.4) is 0 Å². The molecule has 0 nitrogen and oxygen atoms in total. The zero-order valence-electron chi connectivity index (χ0n) is 5.39. The molecule has 2 heteroatoms.